The maximum absolute atomic E-state index is 8.63. The van der Waals surface area contributed by atoms with E-state index in [0.29, 0.717) is 0 Å². The Hall–Kier alpha value is 0.0249. The molecule has 0 aromatic rings. The number of hydrogen-bond acceptors (Lipinski definition) is 1. The van der Waals surface area contributed by atoms with Crippen molar-refractivity contribution in [3.8, 4) is 0 Å². The lowest BCUT2D eigenvalue weighted by Crippen LogP contribution is -2.02. The fourth-order valence-electron chi connectivity index (χ4n) is 0.181. The summed E-state index contributed by atoms with van der Waals surface area (Å²) in [6, 6.07) is 0. The van der Waals surface area contributed by atoms with Crippen molar-refractivity contribution < 1.29 is 5.11 Å². The molecule has 1 rings (SSSR count). The van der Waals surface area contributed by atoms with Gasteiger partial charge in [0.15, 0.2) is 0 Å². The van der Waals surface area contributed by atoms with Gasteiger partial charge in [-0.1, -0.05) is 0 Å². The summed E-state index contributed by atoms with van der Waals surface area (Å²) in [5.74, 6) is 0. The van der Waals surface area contributed by atoms with Gasteiger partial charge in [0, 0.05) is 5.50 Å². The normalized spacial score (nSPS) is 29.8. The summed E-state index contributed by atoms with van der Waals surface area (Å²) < 4.78 is 0. The third-order valence-corrected chi connectivity index (χ3v) is 0.974. The van der Waals surface area contributed by atoms with E-state index >= 15 is 0 Å². The van der Waals surface area contributed by atoms with E-state index in [4.69, 9.17) is 5.11 Å². The van der Waals surface area contributed by atoms with Crippen LogP contribution in [0, 0.1) is 0 Å². The molecule has 1 N–H and O–H groups in total. The zero-order valence-corrected chi connectivity index (χ0v) is 3.36. The summed E-state index contributed by atoms with van der Waals surface area (Å²) in [5, 5.41) is 8.63. The highest BCUT2D eigenvalue weighted by molar-refractivity contribution is 6.16. The zero-order valence-electron chi connectivity index (χ0n) is 3.36. The van der Waals surface area contributed by atoms with Crippen molar-refractivity contribution in [1.82, 2.24) is 0 Å². The topological polar surface area (TPSA) is 20.2 Å². The van der Waals surface area contributed by atoms with E-state index in [1.54, 1.807) is 0 Å². The van der Waals surface area contributed by atoms with Crippen LogP contribution >= 0.6 is 0 Å². The molecule has 1 aliphatic rings. The van der Waals surface area contributed by atoms with Crippen LogP contribution in [0.4, 0.5) is 0 Å². The minimum atomic E-state index is -0.250. The zero-order chi connectivity index (χ0) is 3.91. The SMILES string of the molecule is BC1(O)CC1. The van der Waals surface area contributed by atoms with Crippen LogP contribution in [0.2, 0.25) is 0 Å². The van der Waals surface area contributed by atoms with Crippen molar-refractivity contribution in [3.63, 3.8) is 0 Å². The van der Waals surface area contributed by atoms with Gasteiger partial charge in [0.2, 0.25) is 0 Å². The van der Waals surface area contributed by atoms with Gasteiger partial charge in [-0.25, -0.2) is 0 Å². The second-order valence-electron chi connectivity index (χ2n) is 2.00. The molecule has 0 saturated heterocycles. The minimum Gasteiger partial charge on any atom is -0.399 e. The monoisotopic (exact) mass is 70.1 g/mol. The third kappa shape index (κ3) is 0.654. The van der Waals surface area contributed by atoms with Crippen LogP contribution in [0.1, 0.15) is 12.8 Å². The lowest BCUT2D eigenvalue weighted by Gasteiger charge is -1.86. The van der Waals surface area contributed by atoms with E-state index in [-0.39, 0.29) is 5.50 Å². The third-order valence-electron chi connectivity index (χ3n) is 0.974. The smallest absolute Gasteiger partial charge is 0.142 e. The number of rotatable bonds is 0. The van der Waals surface area contributed by atoms with Crippen LogP contribution in [-0.4, -0.2) is 18.5 Å². The second kappa shape index (κ2) is 0.572. The molecule has 5 heavy (non-hydrogen) atoms. The van der Waals surface area contributed by atoms with Crippen LogP contribution in [0.3, 0.4) is 0 Å². The average Bonchev–Trinajstić information content (AvgIpc) is 1.76. The van der Waals surface area contributed by atoms with Gasteiger partial charge in [-0.15, -0.1) is 0 Å². The summed E-state index contributed by atoms with van der Waals surface area (Å²) in [6.45, 7) is 0. The van der Waals surface area contributed by atoms with Gasteiger partial charge in [-0.3, -0.25) is 0 Å². The summed E-state index contributed by atoms with van der Waals surface area (Å²) >= 11 is 0. The van der Waals surface area contributed by atoms with Crippen molar-refractivity contribution in [3.05, 3.63) is 0 Å². The maximum atomic E-state index is 8.63. The van der Waals surface area contributed by atoms with Crippen LogP contribution < -0.4 is 0 Å². The van der Waals surface area contributed by atoms with Gasteiger partial charge in [0.1, 0.15) is 7.85 Å². The van der Waals surface area contributed by atoms with E-state index in [1.165, 1.54) is 0 Å². The van der Waals surface area contributed by atoms with Crippen molar-refractivity contribution in [1.29, 1.82) is 0 Å². The van der Waals surface area contributed by atoms with E-state index in [0.717, 1.165) is 12.8 Å². The average molecular weight is 69.9 g/mol. The molecule has 0 unspecified atom stereocenters. The van der Waals surface area contributed by atoms with Crippen molar-refractivity contribution in [2.75, 3.05) is 0 Å². The van der Waals surface area contributed by atoms with Gasteiger partial charge in [0.25, 0.3) is 0 Å². The summed E-state index contributed by atoms with van der Waals surface area (Å²) in [4.78, 5) is 0. The van der Waals surface area contributed by atoms with Gasteiger partial charge in [-0.2, -0.15) is 0 Å². The van der Waals surface area contributed by atoms with Gasteiger partial charge >= 0.3 is 0 Å². The van der Waals surface area contributed by atoms with E-state index in [9.17, 15) is 0 Å². The molecule has 0 radical (unpaired) electrons. The standard InChI is InChI=1S/C3H7BO/c4-3(5)1-2-3/h5H,1-2,4H2. The molecule has 0 aliphatic heterocycles. The lowest BCUT2D eigenvalue weighted by atomic mass is 9.98. The van der Waals surface area contributed by atoms with Crippen LogP contribution in [0.15, 0.2) is 0 Å². The molecule has 0 amide bonds. The molecule has 28 valence electrons. The highest BCUT2D eigenvalue weighted by Gasteiger charge is 2.33. The van der Waals surface area contributed by atoms with E-state index < -0.39 is 0 Å². The molecule has 1 aliphatic carbocycles. The molecule has 1 saturated carbocycles. The van der Waals surface area contributed by atoms with Gasteiger partial charge in [0.05, 0.1) is 0 Å². The Morgan fingerprint density at radius 2 is 1.80 bits per heavy atom. The first-order chi connectivity index (χ1) is 2.21. The molecular formula is C3H7BO. The molecule has 1 fully saturated rings. The van der Waals surface area contributed by atoms with Gasteiger partial charge in [-0.05, 0) is 12.8 Å². The molecule has 0 spiro atoms. The Morgan fingerprint density at radius 3 is 1.80 bits per heavy atom. The largest absolute Gasteiger partial charge is 0.399 e. The van der Waals surface area contributed by atoms with E-state index in [2.05, 4.69) is 0 Å². The molecule has 0 aromatic carbocycles. The molecule has 0 heterocycles. The quantitative estimate of drug-likeness (QED) is 0.366. The molecule has 1 nitrogen and oxygen atoms in total. The van der Waals surface area contributed by atoms with Crippen LogP contribution in [0.25, 0.3) is 0 Å². The Morgan fingerprint density at radius 1 is 1.60 bits per heavy atom. The van der Waals surface area contributed by atoms with Crippen molar-refractivity contribution >= 4 is 7.85 Å². The van der Waals surface area contributed by atoms with Crippen LogP contribution in [-0.2, 0) is 0 Å². The number of aliphatic hydroxyl groups is 1. The summed E-state index contributed by atoms with van der Waals surface area (Å²) in [5.41, 5.74) is -0.250. The second-order valence-corrected chi connectivity index (χ2v) is 2.00. The van der Waals surface area contributed by atoms with E-state index in [1.807, 2.05) is 7.85 Å². The fourth-order valence-corrected chi connectivity index (χ4v) is 0.181. The Balaban J connectivity index is 2.38. The Bertz CT molecular complexity index is 44.9. The summed E-state index contributed by atoms with van der Waals surface area (Å²) in [7, 11) is 1.85. The number of hydrogen-bond donors (Lipinski definition) is 1. The highest BCUT2D eigenvalue weighted by Crippen LogP contribution is 2.30. The van der Waals surface area contributed by atoms with Gasteiger partial charge < -0.3 is 5.11 Å². The molecule has 2 heteroatoms. The molecule has 0 atom stereocenters. The molecule has 0 aromatic heterocycles. The lowest BCUT2D eigenvalue weighted by molar-refractivity contribution is 0.237. The van der Waals surface area contributed by atoms with Crippen molar-refractivity contribution in [2.24, 2.45) is 0 Å². The predicted octanol–water partition coefficient (Wildman–Crippen LogP) is -0.898. The summed E-state index contributed by atoms with van der Waals surface area (Å²) in [6.07, 6.45) is 2.01. The minimum absolute atomic E-state index is 0.250. The first-order valence-corrected chi connectivity index (χ1v) is 1.93. The first kappa shape index (κ1) is 3.22. The Kier molecular flexibility index (Phi) is 0.369. The predicted molar refractivity (Wildman–Crippen MR) is 22.7 cm³/mol. The Labute approximate surface area is 32.4 Å². The molecular weight excluding hydrogens is 62.8 g/mol. The highest BCUT2D eigenvalue weighted by atomic mass is 16.3. The van der Waals surface area contributed by atoms with Crippen molar-refractivity contribution in [2.45, 2.75) is 18.3 Å². The van der Waals surface area contributed by atoms with Crippen LogP contribution in [0.5, 0.6) is 0 Å². The maximum Gasteiger partial charge on any atom is 0.142 e. The fraction of sp³-hybridized carbons (Fsp3) is 1.00. The first-order valence-electron chi connectivity index (χ1n) is 1.93. The molecule has 0 bridgehead atoms.